The molecule has 0 saturated heterocycles. The number of imidazole rings is 1. The Hall–Kier alpha value is -2.08. The van der Waals surface area contributed by atoms with E-state index in [1.807, 2.05) is 41.2 Å². The first-order chi connectivity index (χ1) is 9.61. The van der Waals surface area contributed by atoms with Crippen LogP contribution >= 0.6 is 11.3 Å². The van der Waals surface area contributed by atoms with Crippen LogP contribution in [-0.2, 0) is 17.8 Å². The molecule has 0 atom stereocenters. The number of rotatable bonds is 4. The lowest BCUT2D eigenvalue weighted by Crippen LogP contribution is -2.27. The Kier molecular flexibility index (Phi) is 3.31. The molecule has 0 saturated carbocycles. The summed E-state index contributed by atoms with van der Waals surface area (Å²) in [5.41, 5.74) is 0.796. The Labute approximate surface area is 120 Å². The minimum absolute atomic E-state index is 0.0322. The second-order valence-electron chi connectivity index (χ2n) is 4.76. The van der Waals surface area contributed by atoms with Gasteiger partial charge in [0, 0.05) is 24.8 Å². The van der Waals surface area contributed by atoms with E-state index in [-0.39, 0.29) is 5.91 Å². The lowest BCUT2D eigenvalue weighted by atomic mass is 10.3. The molecule has 3 aromatic heterocycles. The van der Waals surface area contributed by atoms with Crippen LogP contribution in [0.4, 0.5) is 0 Å². The molecule has 0 bridgehead atoms. The molecule has 0 aliphatic heterocycles. The lowest BCUT2D eigenvalue weighted by Gasteiger charge is -2.14. The molecular weight excluding hydrogens is 274 g/mol. The number of fused-ring (bicyclic) bond motifs is 1. The van der Waals surface area contributed by atoms with E-state index in [4.69, 9.17) is 4.42 Å². The van der Waals surface area contributed by atoms with Gasteiger partial charge in [-0.15, -0.1) is 11.3 Å². The average Bonchev–Trinajstić information content (AvgIpc) is 3.05. The Morgan fingerprint density at radius 2 is 2.35 bits per heavy atom. The highest BCUT2D eigenvalue weighted by Gasteiger charge is 2.14. The maximum atomic E-state index is 12.2. The van der Waals surface area contributed by atoms with E-state index in [0.717, 1.165) is 22.2 Å². The summed E-state index contributed by atoms with van der Waals surface area (Å²) in [6.45, 7) is 2.37. The SMILES string of the molecule is Cc1ccc(CN(C)C(=O)Cc2cn3ccsc3n2)o1. The summed E-state index contributed by atoms with van der Waals surface area (Å²) in [6, 6.07) is 3.79. The van der Waals surface area contributed by atoms with Crippen LogP contribution in [0.15, 0.2) is 34.3 Å². The first kappa shape index (κ1) is 12.9. The van der Waals surface area contributed by atoms with Crippen LogP contribution in [0.2, 0.25) is 0 Å². The summed E-state index contributed by atoms with van der Waals surface area (Å²) >= 11 is 1.56. The number of aromatic nitrogens is 2. The fraction of sp³-hybridized carbons (Fsp3) is 0.286. The number of thiazole rings is 1. The minimum Gasteiger partial charge on any atom is -0.464 e. The predicted octanol–water partition coefficient (Wildman–Crippen LogP) is 2.50. The smallest absolute Gasteiger partial charge is 0.228 e. The molecule has 0 aliphatic carbocycles. The van der Waals surface area contributed by atoms with Crippen molar-refractivity contribution in [2.75, 3.05) is 7.05 Å². The fourth-order valence-electron chi connectivity index (χ4n) is 2.04. The van der Waals surface area contributed by atoms with E-state index in [1.165, 1.54) is 0 Å². The van der Waals surface area contributed by atoms with E-state index >= 15 is 0 Å². The van der Waals surface area contributed by atoms with Crippen molar-refractivity contribution in [1.82, 2.24) is 14.3 Å². The molecule has 6 heteroatoms. The number of aryl methyl sites for hydroxylation is 1. The van der Waals surface area contributed by atoms with E-state index in [2.05, 4.69) is 4.98 Å². The van der Waals surface area contributed by atoms with Crippen molar-refractivity contribution < 1.29 is 9.21 Å². The molecule has 3 heterocycles. The summed E-state index contributed by atoms with van der Waals surface area (Å²) < 4.78 is 7.41. The summed E-state index contributed by atoms with van der Waals surface area (Å²) in [5.74, 6) is 1.68. The second kappa shape index (κ2) is 5.13. The number of carbonyl (C=O) groups excluding carboxylic acids is 1. The summed E-state index contributed by atoms with van der Waals surface area (Å²) in [4.78, 5) is 19.1. The molecule has 104 valence electrons. The monoisotopic (exact) mass is 289 g/mol. The Morgan fingerprint density at radius 1 is 1.50 bits per heavy atom. The van der Waals surface area contributed by atoms with Crippen LogP contribution < -0.4 is 0 Å². The van der Waals surface area contributed by atoms with Crippen LogP contribution in [0.3, 0.4) is 0 Å². The first-order valence-electron chi connectivity index (χ1n) is 6.32. The number of nitrogens with zero attached hydrogens (tertiary/aromatic N) is 3. The van der Waals surface area contributed by atoms with Crippen LogP contribution in [-0.4, -0.2) is 27.2 Å². The molecule has 5 nitrogen and oxygen atoms in total. The average molecular weight is 289 g/mol. The summed E-state index contributed by atoms with van der Waals surface area (Å²) in [6.07, 6.45) is 4.15. The standard InChI is InChI=1S/C14H15N3O2S/c1-10-3-4-12(19-10)9-16(2)13(18)7-11-8-17-5-6-20-14(17)15-11/h3-6,8H,7,9H2,1-2H3. The van der Waals surface area contributed by atoms with Gasteiger partial charge in [0.1, 0.15) is 11.5 Å². The van der Waals surface area contributed by atoms with Gasteiger partial charge < -0.3 is 9.32 Å². The van der Waals surface area contributed by atoms with Gasteiger partial charge in [0.15, 0.2) is 4.96 Å². The van der Waals surface area contributed by atoms with Gasteiger partial charge in [0.25, 0.3) is 0 Å². The van der Waals surface area contributed by atoms with Crippen molar-refractivity contribution >= 4 is 22.2 Å². The molecular formula is C14H15N3O2S. The third-order valence-electron chi connectivity index (χ3n) is 3.09. The van der Waals surface area contributed by atoms with Crippen molar-refractivity contribution in [1.29, 1.82) is 0 Å². The molecule has 0 fully saturated rings. The van der Waals surface area contributed by atoms with Crippen molar-refractivity contribution in [2.24, 2.45) is 0 Å². The zero-order chi connectivity index (χ0) is 14.1. The second-order valence-corrected chi connectivity index (χ2v) is 5.64. The first-order valence-corrected chi connectivity index (χ1v) is 7.20. The Bertz CT molecular complexity index is 712. The van der Waals surface area contributed by atoms with Gasteiger partial charge in [-0.3, -0.25) is 9.20 Å². The van der Waals surface area contributed by atoms with E-state index in [0.29, 0.717) is 13.0 Å². The Morgan fingerprint density at radius 3 is 3.05 bits per heavy atom. The normalized spacial score (nSPS) is 11.1. The fourth-order valence-corrected chi connectivity index (χ4v) is 2.76. The number of hydrogen-bond donors (Lipinski definition) is 0. The summed E-state index contributed by atoms with van der Waals surface area (Å²) in [7, 11) is 1.78. The molecule has 0 radical (unpaired) electrons. The predicted molar refractivity (Wildman–Crippen MR) is 76.7 cm³/mol. The zero-order valence-electron chi connectivity index (χ0n) is 11.4. The lowest BCUT2D eigenvalue weighted by molar-refractivity contribution is -0.130. The largest absolute Gasteiger partial charge is 0.464 e. The van der Waals surface area contributed by atoms with Crippen LogP contribution in [0.25, 0.3) is 4.96 Å². The van der Waals surface area contributed by atoms with E-state index in [9.17, 15) is 4.79 Å². The number of likely N-dealkylation sites (N-methyl/N-ethyl adjacent to an activating group) is 1. The van der Waals surface area contributed by atoms with Gasteiger partial charge in [-0.1, -0.05) is 0 Å². The van der Waals surface area contributed by atoms with Gasteiger partial charge in [0.05, 0.1) is 18.7 Å². The van der Waals surface area contributed by atoms with Gasteiger partial charge in [-0.25, -0.2) is 4.98 Å². The third kappa shape index (κ3) is 2.60. The maximum absolute atomic E-state index is 12.2. The van der Waals surface area contributed by atoms with E-state index < -0.39 is 0 Å². The van der Waals surface area contributed by atoms with Crippen molar-refractivity contribution in [3.05, 3.63) is 47.1 Å². The summed E-state index contributed by atoms with van der Waals surface area (Å²) in [5, 5.41) is 1.97. The molecule has 0 spiro atoms. The number of hydrogen-bond acceptors (Lipinski definition) is 4. The maximum Gasteiger partial charge on any atom is 0.228 e. The number of amides is 1. The molecule has 0 aromatic carbocycles. The van der Waals surface area contributed by atoms with Gasteiger partial charge in [0.2, 0.25) is 5.91 Å². The van der Waals surface area contributed by atoms with Crippen LogP contribution in [0.5, 0.6) is 0 Å². The Balaban J connectivity index is 1.64. The highest BCUT2D eigenvalue weighted by Crippen LogP contribution is 2.13. The molecule has 0 aliphatic rings. The molecule has 20 heavy (non-hydrogen) atoms. The molecule has 0 unspecified atom stereocenters. The molecule has 3 rings (SSSR count). The van der Waals surface area contributed by atoms with Gasteiger partial charge >= 0.3 is 0 Å². The van der Waals surface area contributed by atoms with Crippen molar-refractivity contribution in [2.45, 2.75) is 19.9 Å². The number of carbonyl (C=O) groups is 1. The zero-order valence-corrected chi connectivity index (χ0v) is 12.2. The molecule has 1 amide bonds. The quantitative estimate of drug-likeness (QED) is 0.741. The van der Waals surface area contributed by atoms with Crippen molar-refractivity contribution in [3.8, 4) is 0 Å². The topological polar surface area (TPSA) is 50.8 Å². The highest BCUT2D eigenvalue weighted by molar-refractivity contribution is 7.15. The highest BCUT2D eigenvalue weighted by atomic mass is 32.1. The third-order valence-corrected chi connectivity index (χ3v) is 3.86. The number of furan rings is 1. The van der Waals surface area contributed by atoms with Crippen molar-refractivity contribution in [3.63, 3.8) is 0 Å². The van der Waals surface area contributed by atoms with Gasteiger partial charge in [-0.05, 0) is 19.1 Å². The molecule has 3 aromatic rings. The van der Waals surface area contributed by atoms with Gasteiger partial charge in [-0.2, -0.15) is 0 Å². The minimum atomic E-state index is 0.0322. The van der Waals surface area contributed by atoms with Crippen LogP contribution in [0.1, 0.15) is 17.2 Å². The van der Waals surface area contributed by atoms with Crippen LogP contribution in [0, 0.1) is 6.92 Å². The van der Waals surface area contributed by atoms with E-state index in [1.54, 1.807) is 23.3 Å². The molecule has 0 N–H and O–H groups in total.